The topological polar surface area (TPSA) is 0 Å². The van der Waals surface area contributed by atoms with Gasteiger partial charge in [-0.2, -0.15) is 0 Å². The Morgan fingerprint density at radius 2 is 1.42 bits per heavy atom. The van der Waals surface area contributed by atoms with Crippen molar-refractivity contribution in [1.29, 1.82) is 0 Å². The van der Waals surface area contributed by atoms with Gasteiger partial charge in [-0.3, -0.25) is 17.7 Å². The second-order valence-corrected chi connectivity index (χ2v) is 3.47. The van der Waals surface area contributed by atoms with Crippen molar-refractivity contribution in [3.8, 4) is 0 Å². The third-order valence-corrected chi connectivity index (χ3v) is 1.51. The Hall–Kier alpha value is 0.415. The van der Waals surface area contributed by atoms with Gasteiger partial charge in [-0.15, -0.1) is 5.41 Å². The Morgan fingerprint density at radius 3 is 1.67 bits per heavy atom. The fourth-order valence-electron chi connectivity index (χ4n) is 0.786. The van der Waals surface area contributed by atoms with Gasteiger partial charge in [-0.25, -0.2) is 0 Å². The van der Waals surface area contributed by atoms with Gasteiger partial charge >= 0.3 is 37.7 Å². The van der Waals surface area contributed by atoms with Gasteiger partial charge in [0.15, 0.2) is 0 Å². The third kappa shape index (κ3) is 4.44. The van der Waals surface area contributed by atoms with Crippen LogP contribution in [0.5, 0.6) is 0 Å². The van der Waals surface area contributed by atoms with Crippen LogP contribution in [0.3, 0.4) is 0 Å². The van der Waals surface area contributed by atoms with Crippen molar-refractivity contribution in [2.75, 3.05) is 0 Å². The van der Waals surface area contributed by atoms with E-state index in [0.717, 1.165) is 0 Å². The Kier molecular flexibility index (Phi) is 7.41. The molecule has 1 aromatic rings. The van der Waals surface area contributed by atoms with Crippen LogP contribution in [0.25, 0.3) is 0 Å². The predicted octanol–water partition coefficient (Wildman–Crippen LogP) is -3.41. The molecule has 0 aromatic heterocycles. The summed E-state index contributed by atoms with van der Waals surface area (Å²) in [4.78, 5) is 0. The molecule has 1 aromatic carbocycles. The molecule has 0 nitrogen and oxygen atoms in total. The largest absolute Gasteiger partial charge is 1.00 e. The number of hydrogen-bond acceptors (Lipinski definition) is 0. The van der Waals surface area contributed by atoms with Crippen LogP contribution in [-0.4, -0.2) is 0 Å². The van der Waals surface area contributed by atoms with E-state index in [0.29, 0.717) is 0 Å². The Morgan fingerprint density at radius 1 is 1.00 bits per heavy atom. The first-order valence-electron chi connectivity index (χ1n) is 3.48. The average Bonchev–Trinajstić information content (AvgIpc) is 1.88. The monoisotopic (exact) mass is 146 g/mol. The predicted molar refractivity (Wildman–Crippen MR) is 42.8 cm³/mol. The summed E-state index contributed by atoms with van der Waals surface area (Å²) in [6, 6.07) is 11.8. The SMILES string of the molecule is CC(C)(C)c1c[c-]c[c-]c1.[Li+].[Li+]. The number of benzene rings is 1. The molecule has 0 saturated carbocycles. The van der Waals surface area contributed by atoms with Crippen LogP contribution < -0.4 is 37.7 Å². The summed E-state index contributed by atoms with van der Waals surface area (Å²) in [6.07, 6.45) is 0. The summed E-state index contributed by atoms with van der Waals surface area (Å²) in [5, 5.41) is 0. The average molecular weight is 146 g/mol. The third-order valence-electron chi connectivity index (χ3n) is 1.51. The van der Waals surface area contributed by atoms with E-state index in [9.17, 15) is 0 Å². The van der Waals surface area contributed by atoms with Crippen molar-refractivity contribution in [3.05, 3.63) is 35.9 Å². The van der Waals surface area contributed by atoms with Gasteiger partial charge in [0.25, 0.3) is 0 Å². The normalized spacial score (nSPS) is 9.58. The molecule has 0 atom stereocenters. The molecule has 0 spiro atoms. The molecule has 0 fully saturated rings. The number of hydrogen-bond donors (Lipinski definition) is 0. The second kappa shape index (κ2) is 5.96. The van der Waals surface area contributed by atoms with Crippen LogP contribution in [0.15, 0.2) is 18.2 Å². The molecule has 2 heteroatoms. The van der Waals surface area contributed by atoms with Crippen molar-refractivity contribution >= 4 is 0 Å². The standard InChI is InChI=1S/C10H12.2Li/c1-10(2,3)9-7-5-4-6-8-9;;/h4,7-8H,1-3H3;;/q-2;2*+1. The molecule has 0 bridgehead atoms. The van der Waals surface area contributed by atoms with Crippen molar-refractivity contribution < 1.29 is 37.7 Å². The van der Waals surface area contributed by atoms with E-state index in [1.54, 1.807) is 6.07 Å². The van der Waals surface area contributed by atoms with Crippen molar-refractivity contribution in [3.63, 3.8) is 0 Å². The molecule has 1 rings (SSSR count). The first-order chi connectivity index (χ1) is 4.61. The van der Waals surface area contributed by atoms with Gasteiger partial charge in [0.2, 0.25) is 0 Å². The molecule has 0 amide bonds. The Bertz CT molecular complexity index is 199. The zero-order valence-corrected chi connectivity index (χ0v) is 8.73. The quantitative estimate of drug-likeness (QED) is 0.264. The van der Waals surface area contributed by atoms with Crippen LogP contribution in [0, 0.1) is 12.1 Å². The van der Waals surface area contributed by atoms with Gasteiger partial charge in [0.05, 0.1) is 0 Å². The summed E-state index contributed by atoms with van der Waals surface area (Å²) in [5.74, 6) is 0. The fraction of sp³-hybridized carbons (Fsp3) is 0.400. The summed E-state index contributed by atoms with van der Waals surface area (Å²) >= 11 is 0. The molecule has 0 unspecified atom stereocenters. The molecular formula is C10H12Li2. The van der Waals surface area contributed by atoms with Crippen LogP contribution >= 0.6 is 0 Å². The van der Waals surface area contributed by atoms with Crippen LogP contribution in [0.1, 0.15) is 26.3 Å². The van der Waals surface area contributed by atoms with E-state index < -0.39 is 0 Å². The zero-order chi connectivity index (χ0) is 7.61. The minimum Gasteiger partial charge on any atom is -0.359 e. The summed E-state index contributed by atoms with van der Waals surface area (Å²) in [7, 11) is 0. The van der Waals surface area contributed by atoms with E-state index in [1.165, 1.54) is 5.56 Å². The second-order valence-electron chi connectivity index (χ2n) is 3.47. The van der Waals surface area contributed by atoms with Gasteiger partial charge in [-0.05, 0) is 0 Å². The van der Waals surface area contributed by atoms with Gasteiger partial charge < -0.3 is 18.2 Å². The van der Waals surface area contributed by atoms with Crippen molar-refractivity contribution in [2.24, 2.45) is 0 Å². The first-order valence-corrected chi connectivity index (χ1v) is 3.48. The van der Waals surface area contributed by atoms with Gasteiger partial charge in [0, 0.05) is 0 Å². The van der Waals surface area contributed by atoms with Crippen LogP contribution in [0.4, 0.5) is 0 Å². The minimum absolute atomic E-state index is 0. The molecule has 0 aliphatic heterocycles. The van der Waals surface area contributed by atoms with E-state index in [-0.39, 0.29) is 43.1 Å². The Balaban J connectivity index is 0. The molecule has 0 saturated heterocycles. The maximum absolute atomic E-state index is 3.01. The number of rotatable bonds is 0. The van der Waals surface area contributed by atoms with E-state index in [1.807, 2.05) is 12.1 Å². The zero-order valence-electron chi connectivity index (χ0n) is 8.73. The molecule has 0 heterocycles. The molecule has 0 N–H and O–H groups in total. The molecule has 54 valence electrons. The van der Waals surface area contributed by atoms with Crippen molar-refractivity contribution in [2.45, 2.75) is 26.2 Å². The minimum atomic E-state index is 0. The Labute approximate surface area is 99.5 Å². The molecule has 0 aliphatic carbocycles. The fourth-order valence-corrected chi connectivity index (χ4v) is 0.786. The summed E-state index contributed by atoms with van der Waals surface area (Å²) in [5.41, 5.74) is 1.52. The molecule has 12 heavy (non-hydrogen) atoms. The summed E-state index contributed by atoms with van der Waals surface area (Å²) in [6.45, 7) is 6.55. The van der Waals surface area contributed by atoms with E-state index in [4.69, 9.17) is 0 Å². The van der Waals surface area contributed by atoms with E-state index in [2.05, 4.69) is 32.9 Å². The van der Waals surface area contributed by atoms with E-state index >= 15 is 0 Å². The van der Waals surface area contributed by atoms with Crippen molar-refractivity contribution in [1.82, 2.24) is 0 Å². The molecule has 0 aliphatic rings. The van der Waals surface area contributed by atoms with Crippen LogP contribution in [-0.2, 0) is 5.41 Å². The summed E-state index contributed by atoms with van der Waals surface area (Å²) < 4.78 is 0. The van der Waals surface area contributed by atoms with Gasteiger partial charge in [0.1, 0.15) is 0 Å². The smallest absolute Gasteiger partial charge is 0.359 e. The maximum Gasteiger partial charge on any atom is 1.00 e. The van der Waals surface area contributed by atoms with Gasteiger partial charge in [-0.1, -0.05) is 20.8 Å². The molecular weight excluding hydrogens is 134 g/mol. The van der Waals surface area contributed by atoms with Crippen LogP contribution in [0.2, 0.25) is 0 Å². The molecule has 0 radical (unpaired) electrons. The first kappa shape index (κ1) is 14.9. The maximum atomic E-state index is 3.01.